The zero-order valence-electron chi connectivity index (χ0n) is 18.0. The van der Waals surface area contributed by atoms with E-state index in [9.17, 15) is 14.0 Å². The minimum Gasteiger partial charge on any atom is -0.324 e. The largest absolute Gasteiger partial charge is 0.324 e. The van der Waals surface area contributed by atoms with Crippen molar-refractivity contribution in [3.63, 3.8) is 0 Å². The van der Waals surface area contributed by atoms with Crippen LogP contribution in [-0.2, 0) is 4.79 Å². The summed E-state index contributed by atoms with van der Waals surface area (Å²) in [4.78, 5) is 37.6. The Hall–Kier alpha value is -3.91. The molecule has 0 aliphatic rings. The predicted octanol–water partition coefficient (Wildman–Crippen LogP) is 5.32. The number of hydrogen-bond acceptors (Lipinski definition) is 5. The van der Waals surface area contributed by atoms with Crippen LogP contribution in [0, 0.1) is 19.7 Å². The number of benzene rings is 2. The molecule has 1 unspecified atom stereocenters. The van der Waals surface area contributed by atoms with Crippen LogP contribution in [0.3, 0.4) is 0 Å². The van der Waals surface area contributed by atoms with E-state index >= 15 is 0 Å². The minimum atomic E-state index is -0.981. The molecular weight excluding hydrogens is 439 g/mol. The Kier molecular flexibility index (Phi) is 6.55. The number of aromatic nitrogens is 2. The molecule has 0 aliphatic carbocycles. The Bertz CT molecular complexity index is 1240. The highest BCUT2D eigenvalue weighted by molar-refractivity contribution is 7.10. The second-order valence-corrected chi connectivity index (χ2v) is 8.51. The van der Waals surface area contributed by atoms with Gasteiger partial charge in [0.25, 0.3) is 11.8 Å². The molecule has 4 rings (SSSR count). The fraction of sp³-hybridized carbons (Fsp3) is 0.120. The first-order valence-electron chi connectivity index (χ1n) is 10.2. The molecule has 0 fully saturated rings. The third-order valence-corrected chi connectivity index (χ3v) is 5.84. The van der Waals surface area contributed by atoms with Gasteiger partial charge in [-0.2, -0.15) is 0 Å². The third kappa shape index (κ3) is 5.12. The van der Waals surface area contributed by atoms with Gasteiger partial charge in [0, 0.05) is 28.6 Å². The molecule has 0 aliphatic heterocycles. The summed E-state index contributed by atoms with van der Waals surface area (Å²) in [5.41, 5.74) is 3.01. The van der Waals surface area contributed by atoms with Gasteiger partial charge in [0.2, 0.25) is 0 Å². The lowest BCUT2D eigenvalue weighted by Gasteiger charge is -2.31. The highest BCUT2D eigenvalue weighted by Crippen LogP contribution is 2.33. The maximum atomic E-state index is 13.7. The standard InChI is InChI=1S/C25H21FN4O2S/c1-16-12-17(2)14-20(13-16)30(25(32)21-15-27-9-10-28-21)23(22-4-3-11-33-22)24(31)29-19-7-5-18(26)6-8-19/h3-15,23H,1-2H3,(H,29,31). The molecule has 8 heteroatoms. The van der Waals surface area contributed by atoms with E-state index in [1.54, 1.807) is 6.07 Å². The van der Waals surface area contributed by atoms with E-state index in [0.29, 0.717) is 16.3 Å². The quantitative estimate of drug-likeness (QED) is 0.423. The van der Waals surface area contributed by atoms with Crippen molar-refractivity contribution in [3.8, 4) is 0 Å². The maximum absolute atomic E-state index is 13.7. The number of amides is 2. The van der Waals surface area contributed by atoms with Gasteiger partial charge in [0.15, 0.2) is 6.04 Å². The fourth-order valence-electron chi connectivity index (χ4n) is 3.57. The number of anilines is 2. The normalized spacial score (nSPS) is 11.6. The van der Waals surface area contributed by atoms with Crippen molar-refractivity contribution >= 4 is 34.5 Å². The van der Waals surface area contributed by atoms with Crippen LogP contribution in [0.1, 0.15) is 32.5 Å². The topological polar surface area (TPSA) is 75.2 Å². The number of carbonyl (C=O) groups excluding carboxylic acids is 2. The monoisotopic (exact) mass is 460 g/mol. The lowest BCUT2D eigenvalue weighted by atomic mass is 10.1. The van der Waals surface area contributed by atoms with Gasteiger partial charge in [0.1, 0.15) is 11.5 Å². The molecule has 4 aromatic rings. The molecule has 2 aromatic heterocycles. The summed E-state index contributed by atoms with van der Waals surface area (Å²) >= 11 is 1.37. The van der Waals surface area contributed by atoms with Crippen LogP contribution >= 0.6 is 11.3 Å². The van der Waals surface area contributed by atoms with Gasteiger partial charge in [-0.25, -0.2) is 9.37 Å². The molecule has 0 radical (unpaired) electrons. The van der Waals surface area contributed by atoms with Crippen LogP contribution in [0.25, 0.3) is 0 Å². The lowest BCUT2D eigenvalue weighted by Crippen LogP contribution is -2.41. The van der Waals surface area contributed by atoms with Crippen molar-refractivity contribution in [2.75, 3.05) is 10.2 Å². The zero-order valence-corrected chi connectivity index (χ0v) is 18.8. The van der Waals surface area contributed by atoms with Gasteiger partial charge in [-0.15, -0.1) is 11.3 Å². The Balaban J connectivity index is 1.83. The number of hydrogen-bond donors (Lipinski definition) is 1. The van der Waals surface area contributed by atoms with Crippen LogP contribution in [0.2, 0.25) is 0 Å². The molecule has 2 amide bonds. The summed E-state index contributed by atoms with van der Waals surface area (Å²) in [7, 11) is 0. The summed E-state index contributed by atoms with van der Waals surface area (Å²) in [5.74, 6) is -1.29. The van der Waals surface area contributed by atoms with E-state index in [4.69, 9.17) is 0 Å². The molecule has 1 N–H and O–H groups in total. The molecule has 166 valence electrons. The summed E-state index contributed by atoms with van der Waals surface area (Å²) in [5, 5.41) is 4.66. The highest BCUT2D eigenvalue weighted by atomic mass is 32.1. The first kappa shape index (κ1) is 22.3. The van der Waals surface area contributed by atoms with E-state index in [2.05, 4.69) is 15.3 Å². The molecule has 2 aromatic carbocycles. The molecule has 6 nitrogen and oxygen atoms in total. The molecule has 33 heavy (non-hydrogen) atoms. The van der Waals surface area contributed by atoms with Crippen molar-refractivity contribution in [2.45, 2.75) is 19.9 Å². The Labute approximate surface area is 194 Å². The van der Waals surface area contributed by atoms with E-state index in [1.165, 1.54) is 59.1 Å². The molecule has 2 heterocycles. The van der Waals surface area contributed by atoms with E-state index in [-0.39, 0.29) is 5.69 Å². The Morgan fingerprint density at radius 3 is 2.36 bits per heavy atom. The van der Waals surface area contributed by atoms with Gasteiger partial charge < -0.3 is 5.32 Å². The number of nitrogens with zero attached hydrogens (tertiary/aromatic N) is 3. The van der Waals surface area contributed by atoms with Crippen LogP contribution in [-0.4, -0.2) is 21.8 Å². The maximum Gasteiger partial charge on any atom is 0.279 e. The third-order valence-electron chi connectivity index (χ3n) is 4.92. The molecule has 0 saturated heterocycles. The SMILES string of the molecule is Cc1cc(C)cc(N(C(=O)c2cnccn2)C(C(=O)Nc2ccc(F)cc2)c2cccs2)c1. The van der Waals surface area contributed by atoms with Crippen LogP contribution in [0.15, 0.2) is 78.6 Å². The van der Waals surface area contributed by atoms with Crippen molar-refractivity contribution in [2.24, 2.45) is 0 Å². The summed E-state index contributed by atoms with van der Waals surface area (Å²) < 4.78 is 13.3. The van der Waals surface area contributed by atoms with Crippen LogP contribution in [0.5, 0.6) is 0 Å². The van der Waals surface area contributed by atoms with Gasteiger partial charge in [-0.05, 0) is 72.8 Å². The van der Waals surface area contributed by atoms with Crippen molar-refractivity contribution in [1.29, 1.82) is 0 Å². The average Bonchev–Trinajstić information content (AvgIpc) is 3.32. The first-order chi connectivity index (χ1) is 15.9. The lowest BCUT2D eigenvalue weighted by molar-refractivity contribution is -0.117. The fourth-order valence-corrected chi connectivity index (χ4v) is 4.38. The van der Waals surface area contributed by atoms with Gasteiger partial charge in [-0.3, -0.25) is 19.5 Å². The average molecular weight is 461 g/mol. The van der Waals surface area contributed by atoms with Gasteiger partial charge in [-0.1, -0.05) is 12.1 Å². The number of rotatable bonds is 6. The molecule has 0 bridgehead atoms. The number of aryl methyl sites for hydroxylation is 2. The van der Waals surface area contributed by atoms with Crippen LogP contribution in [0.4, 0.5) is 15.8 Å². The number of nitrogens with one attached hydrogen (secondary N) is 1. The Morgan fingerprint density at radius 2 is 1.76 bits per heavy atom. The van der Waals surface area contributed by atoms with Gasteiger partial charge >= 0.3 is 0 Å². The second-order valence-electron chi connectivity index (χ2n) is 7.53. The number of thiophene rings is 1. The summed E-state index contributed by atoms with van der Waals surface area (Å²) in [6.45, 7) is 3.86. The van der Waals surface area contributed by atoms with Crippen molar-refractivity contribution < 1.29 is 14.0 Å². The Morgan fingerprint density at radius 1 is 1.03 bits per heavy atom. The van der Waals surface area contributed by atoms with Gasteiger partial charge in [0.05, 0.1) is 6.20 Å². The molecular formula is C25H21FN4O2S. The minimum absolute atomic E-state index is 0.118. The van der Waals surface area contributed by atoms with Crippen LogP contribution < -0.4 is 10.2 Å². The van der Waals surface area contributed by atoms with Crippen molar-refractivity contribution in [1.82, 2.24) is 9.97 Å². The van der Waals surface area contributed by atoms with E-state index in [0.717, 1.165) is 11.1 Å². The number of carbonyl (C=O) groups is 2. The molecule has 1 atom stereocenters. The second kappa shape index (κ2) is 9.70. The number of halogens is 1. The predicted molar refractivity (Wildman–Crippen MR) is 127 cm³/mol. The van der Waals surface area contributed by atoms with E-state index in [1.807, 2.05) is 43.5 Å². The smallest absolute Gasteiger partial charge is 0.279 e. The first-order valence-corrected chi connectivity index (χ1v) is 11.1. The zero-order chi connectivity index (χ0) is 23.4. The van der Waals surface area contributed by atoms with Crippen molar-refractivity contribution in [3.05, 3.63) is 106 Å². The molecule has 0 spiro atoms. The van der Waals surface area contributed by atoms with E-state index < -0.39 is 23.7 Å². The highest BCUT2D eigenvalue weighted by Gasteiger charge is 2.35. The summed E-state index contributed by atoms with van der Waals surface area (Å²) in [6.07, 6.45) is 4.29. The summed E-state index contributed by atoms with van der Waals surface area (Å²) in [6, 6.07) is 13.8. The molecule has 0 saturated carbocycles.